The van der Waals surface area contributed by atoms with Crippen LogP contribution in [0.1, 0.15) is 6.42 Å². The van der Waals surface area contributed by atoms with E-state index in [0.717, 1.165) is 13.0 Å². The average molecular weight is 207 g/mol. The summed E-state index contributed by atoms with van der Waals surface area (Å²) in [5, 5.41) is 15.1. The number of anilines is 1. The lowest BCUT2D eigenvalue weighted by Crippen LogP contribution is -2.25. The highest BCUT2D eigenvalue weighted by atomic mass is 16.3. The third-order valence-electron chi connectivity index (χ3n) is 2.46. The van der Waals surface area contributed by atoms with Crippen molar-refractivity contribution in [1.29, 1.82) is 0 Å². The number of aromatic nitrogens is 1. The minimum Gasteiger partial charge on any atom is -0.504 e. The number of nitrogens with one attached hydrogen (secondary N) is 2. The van der Waals surface area contributed by atoms with Crippen molar-refractivity contribution < 1.29 is 9.90 Å². The van der Waals surface area contributed by atoms with Gasteiger partial charge in [-0.2, -0.15) is 0 Å². The SMILES string of the molecule is O=C(Nc1ncccc1O)C1CCNC1. The van der Waals surface area contributed by atoms with Crippen LogP contribution in [0.5, 0.6) is 5.75 Å². The Hall–Kier alpha value is -1.62. The number of amides is 1. The Morgan fingerprint density at radius 2 is 2.53 bits per heavy atom. The minimum atomic E-state index is -0.0889. The number of pyridine rings is 1. The van der Waals surface area contributed by atoms with Crippen molar-refractivity contribution in [2.75, 3.05) is 18.4 Å². The largest absolute Gasteiger partial charge is 0.504 e. The van der Waals surface area contributed by atoms with Crippen molar-refractivity contribution in [2.45, 2.75) is 6.42 Å². The highest BCUT2D eigenvalue weighted by molar-refractivity contribution is 5.93. The second kappa shape index (κ2) is 4.27. The first-order valence-electron chi connectivity index (χ1n) is 4.93. The molecule has 1 aromatic rings. The molecule has 1 aliphatic rings. The Balaban J connectivity index is 2.02. The molecule has 0 aliphatic carbocycles. The Morgan fingerprint density at radius 3 is 3.20 bits per heavy atom. The molecule has 1 atom stereocenters. The van der Waals surface area contributed by atoms with Crippen LogP contribution in [0.15, 0.2) is 18.3 Å². The fraction of sp³-hybridized carbons (Fsp3) is 0.400. The molecular weight excluding hydrogens is 194 g/mol. The number of rotatable bonds is 2. The van der Waals surface area contributed by atoms with Gasteiger partial charge in [0.2, 0.25) is 5.91 Å². The lowest BCUT2D eigenvalue weighted by molar-refractivity contribution is -0.119. The predicted molar refractivity (Wildman–Crippen MR) is 55.5 cm³/mol. The molecule has 3 N–H and O–H groups in total. The summed E-state index contributed by atoms with van der Waals surface area (Å²) in [6.45, 7) is 1.56. The summed E-state index contributed by atoms with van der Waals surface area (Å²) in [5.74, 6) is 0.117. The van der Waals surface area contributed by atoms with E-state index in [-0.39, 0.29) is 23.4 Å². The van der Waals surface area contributed by atoms with Crippen LogP contribution in [0, 0.1) is 5.92 Å². The summed E-state index contributed by atoms with van der Waals surface area (Å²) in [5.41, 5.74) is 0. The van der Waals surface area contributed by atoms with E-state index < -0.39 is 0 Å². The van der Waals surface area contributed by atoms with Crippen LogP contribution in [0.25, 0.3) is 0 Å². The zero-order valence-corrected chi connectivity index (χ0v) is 8.23. The summed E-state index contributed by atoms with van der Waals surface area (Å²) < 4.78 is 0. The number of hydrogen-bond donors (Lipinski definition) is 3. The van der Waals surface area contributed by atoms with E-state index >= 15 is 0 Å². The lowest BCUT2D eigenvalue weighted by atomic mass is 10.1. The topological polar surface area (TPSA) is 74.2 Å². The molecule has 0 aromatic carbocycles. The number of hydrogen-bond acceptors (Lipinski definition) is 4. The van der Waals surface area contributed by atoms with Crippen LogP contribution in [0.3, 0.4) is 0 Å². The fourth-order valence-corrected chi connectivity index (χ4v) is 1.59. The van der Waals surface area contributed by atoms with Crippen molar-refractivity contribution in [3.63, 3.8) is 0 Å². The van der Waals surface area contributed by atoms with Gasteiger partial charge in [0, 0.05) is 12.7 Å². The maximum atomic E-state index is 11.7. The van der Waals surface area contributed by atoms with Gasteiger partial charge in [-0.1, -0.05) is 0 Å². The first-order valence-corrected chi connectivity index (χ1v) is 4.93. The lowest BCUT2D eigenvalue weighted by Gasteiger charge is -2.09. The van der Waals surface area contributed by atoms with Gasteiger partial charge in [-0.15, -0.1) is 0 Å². The van der Waals surface area contributed by atoms with Crippen LogP contribution in [-0.4, -0.2) is 29.1 Å². The van der Waals surface area contributed by atoms with E-state index in [1.165, 1.54) is 12.3 Å². The Labute approximate surface area is 87.5 Å². The van der Waals surface area contributed by atoms with Gasteiger partial charge in [-0.3, -0.25) is 4.79 Å². The van der Waals surface area contributed by atoms with Crippen LogP contribution in [0.4, 0.5) is 5.82 Å². The van der Waals surface area contributed by atoms with E-state index in [9.17, 15) is 9.90 Å². The molecule has 1 unspecified atom stereocenters. The third-order valence-corrected chi connectivity index (χ3v) is 2.46. The standard InChI is InChI=1S/C10H13N3O2/c14-8-2-1-4-12-9(8)13-10(15)7-3-5-11-6-7/h1-2,4,7,11,14H,3,5-6H2,(H,12,13,15). The van der Waals surface area contributed by atoms with Gasteiger partial charge >= 0.3 is 0 Å². The highest BCUT2D eigenvalue weighted by Gasteiger charge is 2.23. The molecule has 15 heavy (non-hydrogen) atoms. The molecule has 1 aromatic heterocycles. The van der Waals surface area contributed by atoms with Crippen LogP contribution < -0.4 is 10.6 Å². The van der Waals surface area contributed by atoms with Gasteiger partial charge in [0.25, 0.3) is 0 Å². The highest BCUT2D eigenvalue weighted by Crippen LogP contribution is 2.19. The maximum Gasteiger partial charge on any atom is 0.230 e. The molecule has 1 saturated heterocycles. The summed E-state index contributed by atoms with van der Waals surface area (Å²) >= 11 is 0. The van der Waals surface area contributed by atoms with Crippen LogP contribution in [-0.2, 0) is 4.79 Å². The van der Waals surface area contributed by atoms with Gasteiger partial charge in [-0.25, -0.2) is 4.98 Å². The first kappa shape index (κ1) is 9.92. The Bertz CT molecular complexity index is 361. The molecule has 5 heteroatoms. The second-order valence-corrected chi connectivity index (χ2v) is 3.55. The van der Waals surface area contributed by atoms with Crippen molar-refractivity contribution in [3.8, 4) is 5.75 Å². The monoisotopic (exact) mass is 207 g/mol. The molecular formula is C10H13N3O2. The van der Waals surface area contributed by atoms with Gasteiger partial charge in [-0.05, 0) is 25.1 Å². The summed E-state index contributed by atoms with van der Waals surface area (Å²) in [4.78, 5) is 15.6. The molecule has 2 rings (SSSR count). The summed E-state index contributed by atoms with van der Waals surface area (Å²) in [6.07, 6.45) is 2.36. The molecule has 0 spiro atoms. The van der Waals surface area contributed by atoms with E-state index in [2.05, 4.69) is 15.6 Å². The molecule has 0 saturated carbocycles. The van der Waals surface area contributed by atoms with Crippen molar-refractivity contribution in [2.24, 2.45) is 5.92 Å². The molecule has 0 bridgehead atoms. The first-order chi connectivity index (χ1) is 7.27. The normalized spacial score (nSPS) is 20.1. The Morgan fingerprint density at radius 1 is 1.67 bits per heavy atom. The van der Waals surface area contributed by atoms with Crippen molar-refractivity contribution in [3.05, 3.63) is 18.3 Å². The molecule has 1 fully saturated rings. The van der Waals surface area contributed by atoms with Crippen LogP contribution >= 0.6 is 0 Å². The molecule has 5 nitrogen and oxygen atoms in total. The smallest absolute Gasteiger partial charge is 0.230 e. The average Bonchev–Trinajstić information content (AvgIpc) is 2.74. The molecule has 1 amide bonds. The second-order valence-electron chi connectivity index (χ2n) is 3.55. The number of aromatic hydroxyl groups is 1. The van der Waals surface area contributed by atoms with Crippen molar-refractivity contribution >= 4 is 11.7 Å². The minimum absolute atomic E-state index is 0.00296. The molecule has 0 radical (unpaired) electrons. The number of carbonyl (C=O) groups excluding carboxylic acids is 1. The van der Waals surface area contributed by atoms with Gasteiger partial charge < -0.3 is 15.7 Å². The summed E-state index contributed by atoms with van der Waals surface area (Å²) in [6, 6.07) is 3.11. The zero-order chi connectivity index (χ0) is 10.7. The maximum absolute atomic E-state index is 11.7. The van der Waals surface area contributed by atoms with Gasteiger partial charge in [0.1, 0.15) is 0 Å². The van der Waals surface area contributed by atoms with Crippen molar-refractivity contribution in [1.82, 2.24) is 10.3 Å². The quantitative estimate of drug-likeness (QED) is 0.653. The molecule has 1 aliphatic heterocycles. The van der Waals surface area contributed by atoms with Gasteiger partial charge in [0.05, 0.1) is 5.92 Å². The van der Waals surface area contributed by atoms with Crippen LogP contribution in [0.2, 0.25) is 0 Å². The van der Waals surface area contributed by atoms with E-state index in [1.807, 2.05) is 0 Å². The van der Waals surface area contributed by atoms with E-state index in [4.69, 9.17) is 0 Å². The zero-order valence-electron chi connectivity index (χ0n) is 8.23. The summed E-state index contributed by atoms with van der Waals surface area (Å²) in [7, 11) is 0. The third kappa shape index (κ3) is 2.24. The Kier molecular flexibility index (Phi) is 2.82. The van der Waals surface area contributed by atoms with Gasteiger partial charge in [0.15, 0.2) is 11.6 Å². The number of nitrogens with zero attached hydrogens (tertiary/aromatic N) is 1. The predicted octanol–water partition coefficient (Wildman–Crippen LogP) is 0.335. The molecule has 80 valence electrons. The van der Waals surface area contributed by atoms with E-state index in [0.29, 0.717) is 6.54 Å². The van der Waals surface area contributed by atoms with E-state index in [1.54, 1.807) is 6.07 Å². The molecule has 2 heterocycles. The fourth-order valence-electron chi connectivity index (χ4n) is 1.59. The number of carbonyl (C=O) groups is 1.